The number of allylic oxidation sites excluding steroid dienone is 8. The van der Waals surface area contributed by atoms with E-state index in [9.17, 15) is 4.79 Å². The molecule has 3 nitrogen and oxygen atoms in total. The molecule has 24 heavy (non-hydrogen) atoms. The molecule has 134 valence electrons. The highest BCUT2D eigenvalue weighted by molar-refractivity contribution is 5.81. The first-order valence-corrected chi connectivity index (χ1v) is 8.40. The summed E-state index contributed by atoms with van der Waals surface area (Å²) >= 11 is 0. The summed E-state index contributed by atoms with van der Waals surface area (Å²) in [4.78, 5) is 10.6. The molecule has 0 unspecified atom stereocenters. The van der Waals surface area contributed by atoms with Crippen LogP contribution in [0.2, 0.25) is 0 Å². The summed E-state index contributed by atoms with van der Waals surface area (Å²) in [6.07, 6.45) is 15.6. The van der Waals surface area contributed by atoms with Gasteiger partial charge >= 0.3 is 5.97 Å². The molecule has 0 saturated carbocycles. The largest absolute Gasteiger partial charge is 0.478 e. The fourth-order valence-electron chi connectivity index (χ4n) is 2.16. The van der Waals surface area contributed by atoms with E-state index in [-0.39, 0.29) is 0 Å². The van der Waals surface area contributed by atoms with Crippen molar-refractivity contribution in [2.45, 2.75) is 53.4 Å². The highest BCUT2D eigenvalue weighted by Crippen LogP contribution is 2.12. The topological polar surface area (TPSA) is 46.5 Å². The van der Waals surface area contributed by atoms with Crippen molar-refractivity contribution in [2.24, 2.45) is 0 Å². The zero-order chi connectivity index (χ0) is 18.4. The predicted molar refractivity (Wildman–Crippen MR) is 102 cm³/mol. The van der Waals surface area contributed by atoms with Crippen LogP contribution in [0.5, 0.6) is 0 Å². The minimum atomic E-state index is -0.924. The van der Waals surface area contributed by atoms with Crippen LogP contribution in [0.3, 0.4) is 0 Å². The van der Waals surface area contributed by atoms with E-state index in [1.807, 2.05) is 12.2 Å². The Morgan fingerprint density at radius 1 is 1.04 bits per heavy atom. The van der Waals surface area contributed by atoms with Crippen molar-refractivity contribution in [1.29, 1.82) is 0 Å². The van der Waals surface area contributed by atoms with Crippen molar-refractivity contribution < 1.29 is 14.6 Å². The quantitative estimate of drug-likeness (QED) is 0.303. The molecule has 0 aliphatic heterocycles. The Morgan fingerprint density at radius 3 is 2.29 bits per heavy atom. The number of aliphatic carboxylic acids is 1. The molecule has 0 radical (unpaired) electrons. The first-order valence-electron chi connectivity index (χ1n) is 8.40. The van der Waals surface area contributed by atoms with E-state index >= 15 is 0 Å². The fraction of sp³-hybridized carbons (Fsp3) is 0.476. The van der Waals surface area contributed by atoms with Gasteiger partial charge < -0.3 is 9.84 Å². The molecule has 1 N–H and O–H groups in total. The van der Waals surface area contributed by atoms with Gasteiger partial charge in [0.15, 0.2) is 0 Å². The summed E-state index contributed by atoms with van der Waals surface area (Å²) in [5.41, 5.74) is 4.70. The number of rotatable bonds is 11. The van der Waals surface area contributed by atoms with Crippen LogP contribution in [0, 0.1) is 0 Å². The van der Waals surface area contributed by atoms with Crippen LogP contribution >= 0.6 is 0 Å². The van der Waals surface area contributed by atoms with Gasteiger partial charge in [-0.2, -0.15) is 0 Å². The molecule has 0 aliphatic rings. The Balaban J connectivity index is 4.52. The molecule has 0 aromatic heterocycles. The monoisotopic (exact) mass is 332 g/mol. The Kier molecular flexibility index (Phi) is 12.5. The number of ether oxygens (including phenoxy) is 1. The molecule has 0 aromatic carbocycles. The van der Waals surface area contributed by atoms with Crippen LogP contribution in [0.4, 0.5) is 0 Å². The third kappa shape index (κ3) is 13.8. The Morgan fingerprint density at radius 2 is 1.71 bits per heavy atom. The fourth-order valence-corrected chi connectivity index (χ4v) is 2.16. The molecular weight excluding hydrogens is 300 g/mol. The highest BCUT2D eigenvalue weighted by Gasteiger charge is 1.96. The standard InChI is InChI=1S/C21H32O3/c1-17(2)9-6-10-18(3)11-7-13-20(16-24-5)14-8-12-19(4)15-21(22)23/h8-9,11-12,14-15H,6-7,10,13,16H2,1-5H3,(H,22,23). The third-order valence-corrected chi connectivity index (χ3v) is 3.42. The zero-order valence-corrected chi connectivity index (χ0v) is 15.8. The molecule has 0 spiro atoms. The summed E-state index contributed by atoms with van der Waals surface area (Å²) in [6.45, 7) is 8.80. The van der Waals surface area contributed by atoms with E-state index in [1.54, 1.807) is 20.1 Å². The minimum Gasteiger partial charge on any atom is -0.478 e. The SMILES string of the molecule is COCC(=CC=CC(C)=CC(=O)O)CCC=C(C)CCC=C(C)C. The summed E-state index contributed by atoms with van der Waals surface area (Å²) in [5.74, 6) is -0.924. The van der Waals surface area contributed by atoms with Crippen LogP contribution in [0.1, 0.15) is 53.4 Å². The van der Waals surface area contributed by atoms with Crippen LogP contribution in [0.25, 0.3) is 0 Å². The van der Waals surface area contributed by atoms with Crippen molar-refractivity contribution in [3.63, 3.8) is 0 Å². The first-order chi connectivity index (χ1) is 11.3. The average molecular weight is 332 g/mol. The lowest BCUT2D eigenvalue weighted by Crippen LogP contribution is -1.94. The van der Waals surface area contributed by atoms with E-state index in [0.717, 1.165) is 25.7 Å². The van der Waals surface area contributed by atoms with Gasteiger partial charge in [-0.05, 0) is 64.5 Å². The van der Waals surface area contributed by atoms with E-state index in [4.69, 9.17) is 9.84 Å². The lowest BCUT2D eigenvalue weighted by molar-refractivity contribution is -0.131. The number of carboxylic acid groups (broad SMARTS) is 1. The van der Waals surface area contributed by atoms with Gasteiger partial charge in [-0.1, -0.05) is 41.5 Å². The molecule has 0 amide bonds. The number of methoxy groups -OCH3 is 1. The summed E-state index contributed by atoms with van der Waals surface area (Å²) in [6, 6.07) is 0. The van der Waals surface area contributed by atoms with Crippen molar-refractivity contribution in [3.05, 3.63) is 58.7 Å². The van der Waals surface area contributed by atoms with Gasteiger partial charge in [0.05, 0.1) is 6.61 Å². The summed E-state index contributed by atoms with van der Waals surface area (Å²) in [5, 5.41) is 8.68. The maximum atomic E-state index is 10.6. The predicted octanol–water partition coefficient (Wildman–Crippen LogP) is 5.62. The average Bonchev–Trinajstić information content (AvgIpc) is 2.46. The Labute approximate surface area is 147 Å². The summed E-state index contributed by atoms with van der Waals surface area (Å²) in [7, 11) is 1.69. The lowest BCUT2D eigenvalue weighted by atomic mass is 10.1. The van der Waals surface area contributed by atoms with Crippen LogP contribution in [-0.4, -0.2) is 24.8 Å². The van der Waals surface area contributed by atoms with Crippen LogP contribution in [0.15, 0.2) is 58.7 Å². The van der Waals surface area contributed by atoms with Gasteiger partial charge in [-0.25, -0.2) is 4.79 Å². The molecule has 0 saturated heterocycles. The molecule has 3 heteroatoms. The normalized spacial score (nSPS) is 13.5. The van der Waals surface area contributed by atoms with E-state index in [2.05, 4.69) is 32.9 Å². The maximum Gasteiger partial charge on any atom is 0.328 e. The second-order valence-electron chi connectivity index (χ2n) is 6.25. The maximum absolute atomic E-state index is 10.6. The zero-order valence-electron chi connectivity index (χ0n) is 15.8. The van der Waals surface area contributed by atoms with Crippen molar-refractivity contribution in [2.75, 3.05) is 13.7 Å². The third-order valence-electron chi connectivity index (χ3n) is 3.42. The van der Waals surface area contributed by atoms with E-state index in [1.165, 1.54) is 22.8 Å². The van der Waals surface area contributed by atoms with E-state index in [0.29, 0.717) is 12.2 Å². The van der Waals surface area contributed by atoms with Crippen molar-refractivity contribution >= 4 is 5.97 Å². The second kappa shape index (κ2) is 13.6. The van der Waals surface area contributed by atoms with E-state index < -0.39 is 5.97 Å². The molecular formula is C21H32O3. The van der Waals surface area contributed by atoms with Gasteiger partial charge in [-0.15, -0.1) is 0 Å². The smallest absolute Gasteiger partial charge is 0.328 e. The van der Waals surface area contributed by atoms with Crippen molar-refractivity contribution in [3.8, 4) is 0 Å². The molecule has 0 aromatic rings. The number of carbonyl (C=O) groups is 1. The second-order valence-corrected chi connectivity index (χ2v) is 6.25. The Bertz CT molecular complexity index is 527. The molecule has 0 aliphatic carbocycles. The number of hydrogen-bond acceptors (Lipinski definition) is 2. The number of carboxylic acids is 1. The lowest BCUT2D eigenvalue weighted by Gasteiger charge is -2.05. The molecule has 0 bridgehead atoms. The number of hydrogen-bond donors (Lipinski definition) is 1. The van der Waals surface area contributed by atoms with Gasteiger partial charge in [0.1, 0.15) is 0 Å². The van der Waals surface area contributed by atoms with Gasteiger partial charge in [0, 0.05) is 13.2 Å². The molecule has 0 rings (SSSR count). The Hall–Kier alpha value is -1.87. The van der Waals surface area contributed by atoms with Crippen molar-refractivity contribution in [1.82, 2.24) is 0 Å². The molecule has 0 heterocycles. The van der Waals surface area contributed by atoms with Gasteiger partial charge in [-0.3, -0.25) is 0 Å². The first kappa shape index (κ1) is 22.1. The van der Waals surface area contributed by atoms with Crippen LogP contribution in [-0.2, 0) is 9.53 Å². The van der Waals surface area contributed by atoms with Gasteiger partial charge in [0.2, 0.25) is 0 Å². The highest BCUT2D eigenvalue weighted by atomic mass is 16.5. The summed E-state index contributed by atoms with van der Waals surface area (Å²) < 4.78 is 5.24. The minimum absolute atomic E-state index is 0.594. The van der Waals surface area contributed by atoms with Crippen LogP contribution < -0.4 is 0 Å². The molecule has 0 atom stereocenters. The van der Waals surface area contributed by atoms with Gasteiger partial charge in [0.25, 0.3) is 0 Å². The molecule has 0 fully saturated rings.